The van der Waals surface area contributed by atoms with Gasteiger partial charge < -0.3 is 5.32 Å². The number of thioether (sulfide) groups is 1. The van der Waals surface area contributed by atoms with Crippen molar-refractivity contribution < 1.29 is 4.79 Å². The lowest BCUT2D eigenvalue weighted by molar-refractivity contribution is -0.113. The van der Waals surface area contributed by atoms with Crippen LogP contribution in [0.15, 0.2) is 51.5 Å². The van der Waals surface area contributed by atoms with E-state index in [-0.39, 0.29) is 5.91 Å². The van der Waals surface area contributed by atoms with Gasteiger partial charge in [0.2, 0.25) is 5.91 Å². The molecular weight excluding hydrogens is 404 g/mol. The first-order valence-corrected chi connectivity index (χ1v) is 8.62. The molecule has 1 aromatic heterocycles. The van der Waals surface area contributed by atoms with Crippen LogP contribution >= 0.6 is 43.6 Å². The molecule has 0 aliphatic rings. The lowest BCUT2D eigenvalue weighted by Crippen LogP contribution is -2.14. The number of carbonyl (C=O) groups excluding carboxylic acids is 1. The van der Waals surface area contributed by atoms with Crippen molar-refractivity contribution in [1.29, 1.82) is 0 Å². The number of halogens is 2. The fraction of sp³-hybridized carbons (Fsp3) is 0.143. The third kappa shape index (κ3) is 4.92. The molecule has 0 aliphatic carbocycles. The highest BCUT2D eigenvalue weighted by Gasteiger charge is 2.06. The summed E-state index contributed by atoms with van der Waals surface area (Å²) in [5, 5.41) is 2.88. The largest absolute Gasteiger partial charge is 0.324 e. The van der Waals surface area contributed by atoms with Crippen LogP contribution in [0.25, 0.3) is 0 Å². The molecule has 2 rings (SSSR count). The highest BCUT2D eigenvalue weighted by Crippen LogP contribution is 2.26. The van der Waals surface area contributed by atoms with E-state index >= 15 is 0 Å². The Morgan fingerprint density at radius 1 is 1.25 bits per heavy atom. The van der Waals surface area contributed by atoms with E-state index in [9.17, 15) is 4.79 Å². The molecule has 0 unspecified atom stereocenters. The topological polar surface area (TPSA) is 42.0 Å². The number of pyridine rings is 1. The fourth-order valence-electron chi connectivity index (χ4n) is 1.51. The molecule has 0 fully saturated rings. The van der Waals surface area contributed by atoms with Crippen LogP contribution in [-0.2, 0) is 10.5 Å². The van der Waals surface area contributed by atoms with Crippen molar-refractivity contribution in [2.45, 2.75) is 5.75 Å². The lowest BCUT2D eigenvalue weighted by Gasteiger charge is -2.07. The molecule has 1 amide bonds. The molecule has 0 spiro atoms. The highest BCUT2D eigenvalue weighted by atomic mass is 79.9. The molecule has 6 heteroatoms. The average Bonchev–Trinajstić information content (AvgIpc) is 2.43. The van der Waals surface area contributed by atoms with Gasteiger partial charge in [0.25, 0.3) is 0 Å². The minimum Gasteiger partial charge on any atom is -0.324 e. The van der Waals surface area contributed by atoms with Crippen LogP contribution in [0.4, 0.5) is 5.69 Å². The van der Waals surface area contributed by atoms with Gasteiger partial charge in [0.05, 0.1) is 17.1 Å². The average molecular weight is 416 g/mol. The number of rotatable bonds is 5. The molecule has 2 aromatic rings. The molecule has 0 atom stereocenters. The van der Waals surface area contributed by atoms with Crippen LogP contribution in [0.3, 0.4) is 0 Å². The summed E-state index contributed by atoms with van der Waals surface area (Å²) < 4.78 is 1.82. The molecule has 1 aromatic carbocycles. The number of hydrogen-bond acceptors (Lipinski definition) is 3. The molecule has 0 aliphatic heterocycles. The zero-order chi connectivity index (χ0) is 14.4. The van der Waals surface area contributed by atoms with Gasteiger partial charge in [-0.05, 0) is 46.3 Å². The van der Waals surface area contributed by atoms with Gasteiger partial charge in [-0.25, -0.2) is 0 Å². The van der Waals surface area contributed by atoms with E-state index in [4.69, 9.17) is 0 Å². The Labute approximate surface area is 138 Å². The Hall–Kier alpha value is -0.850. The van der Waals surface area contributed by atoms with Crippen molar-refractivity contribution in [1.82, 2.24) is 4.98 Å². The summed E-state index contributed by atoms with van der Waals surface area (Å²) in [5.74, 6) is 1.11. The summed E-state index contributed by atoms with van der Waals surface area (Å²) in [4.78, 5) is 16.1. The van der Waals surface area contributed by atoms with Gasteiger partial charge in [0, 0.05) is 20.9 Å². The summed E-state index contributed by atoms with van der Waals surface area (Å²) in [6.45, 7) is 0. The Bertz CT molecular complexity index is 593. The maximum atomic E-state index is 11.9. The standard InChI is InChI=1S/C14H12Br2N2OS/c15-10-4-5-13(12(16)7-10)18-14(19)9-20-8-11-3-1-2-6-17-11/h1-7H,8-9H2,(H,18,19). The van der Waals surface area contributed by atoms with Crippen molar-refractivity contribution in [2.24, 2.45) is 0 Å². The van der Waals surface area contributed by atoms with Gasteiger partial charge in [-0.2, -0.15) is 0 Å². The van der Waals surface area contributed by atoms with E-state index in [1.807, 2.05) is 36.4 Å². The third-order valence-corrected chi connectivity index (χ3v) is 4.53. The molecule has 20 heavy (non-hydrogen) atoms. The normalized spacial score (nSPS) is 10.3. The van der Waals surface area contributed by atoms with E-state index in [1.165, 1.54) is 0 Å². The van der Waals surface area contributed by atoms with E-state index in [2.05, 4.69) is 42.2 Å². The first kappa shape index (κ1) is 15.5. The van der Waals surface area contributed by atoms with Gasteiger partial charge in [-0.15, -0.1) is 11.8 Å². The molecule has 0 bridgehead atoms. The summed E-state index contributed by atoms with van der Waals surface area (Å²) in [6, 6.07) is 11.4. The Morgan fingerprint density at radius 3 is 2.80 bits per heavy atom. The SMILES string of the molecule is O=C(CSCc1ccccn1)Nc1ccc(Br)cc1Br. The quantitative estimate of drug-likeness (QED) is 0.782. The Morgan fingerprint density at radius 2 is 2.10 bits per heavy atom. The lowest BCUT2D eigenvalue weighted by atomic mass is 10.3. The molecular formula is C14H12Br2N2OS. The number of aromatic nitrogens is 1. The van der Waals surface area contributed by atoms with E-state index in [0.29, 0.717) is 5.75 Å². The summed E-state index contributed by atoms with van der Waals surface area (Å²) in [5.41, 5.74) is 1.76. The first-order valence-electron chi connectivity index (χ1n) is 5.88. The summed E-state index contributed by atoms with van der Waals surface area (Å²) in [7, 11) is 0. The van der Waals surface area contributed by atoms with Crippen LogP contribution in [0.2, 0.25) is 0 Å². The van der Waals surface area contributed by atoms with Gasteiger partial charge >= 0.3 is 0 Å². The zero-order valence-electron chi connectivity index (χ0n) is 10.5. The van der Waals surface area contributed by atoms with Crippen molar-refractivity contribution in [3.05, 3.63) is 57.2 Å². The molecule has 1 N–H and O–H groups in total. The van der Waals surface area contributed by atoms with E-state index in [0.717, 1.165) is 26.1 Å². The predicted octanol–water partition coefficient (Wildman–Crippen LogP) is 4.48. The molecule has 0 saturated carbocycles. The minimum atomic E-state index is -0.0195. The second-order valence-corrected chi connectivity index (χ2v) is 6.74. The maximum Gasteiger partial charge on any atom is 0.234 e. The fourth-order valence-corrected chi connectivity index (χ4v) is 3.39. The van der Waals surface area contributed by atoms with Crippen molar-refractivity contribution in [3.63, 3.8) is 0 Å². The molecule has 3 nitrogen and oxygen atoms in total. The van der Waals surface area contributed by atoms with Gasteiger partial charge in [-0.1, -0.05) is 22.0 Å². The molecule has 0 saturated heterocycles. The minimum absolute atomic E-state index is 0.0195. The summed E-state index contributed by atoms with van der Waals surface area (Å²) >= 11 is 8.34. The van der Waals surface area contributed by atoms with Gasteiger partial charge in [0.15, 0.2) is 0 Å². The van der Waals surface area contributed by atoms with E-state index in [1.54, 1.807) is 18.0 Å². The predicted molar refractivity (Wildman–Crippen MR) is 90.9 cm³/mol. The number of anilines is 1. The number of nitrogens with one attached hydrogen (secondary N) is 1. The van der Waals surface area contributed by atoms with Crippen molar-refractivity contribution in [3.8, 4) is 0 Å². The Balaban J connectivity index is 1.81. The van der Waals surface area contributed by atoms with Crippen LogP contribution in [0, 0.1) is 0 Å². The highest BCUT2D eigenvalue weighted by molar-refractivity contribution is 9.11. The van der Waals surface area contributed by atoms with Crippen molar-refractivity contribution >= 4 is 55.2 Å². The number of benzene rings is 1. The van der Waals surface area contributed by atoms with Gasteiger partial charge in [0.1, 0.15) is 0 Å². The smallest absolute Gasteiger partial charge is 0.234 e. The van der Waals surface area contributed by atoms with Crippen molar-refractivity contribution in [2.75, 3.05) is 11.1 Å². The monoisotopic (exact) mass is 414 g/mol. The number of amides is 1. The van der Waals surface area contributed by atoms with Crippen LogP contribution < -0.4 is 5.32 Å². The number of hydrogen-bond donors (Lipinski definition) is 1. The number of nitrogens with zero attached hydrogens (tertiary/aromatic N) is 1. The van der Waals surface area contributed by atoms with E-state index < -0.39 is 0 Å². The number of carbonyl (C=O) groups is 1. The summed E-state index contributed by atoms with van der Waals surface area (Å²) in [6.07, 6.45) is 1.76. The molecule has 104 valence electrons. The maximum absolute atomic E-state index is 11.9. The van der Waals surface area contributed by atoms with Crippen LogP contribution in [0.1, 0.15) is 5.69 Å². The van der Waals surface area contributed by atoms with Gasteiger partial charge in [-0.3, -0.25) is 9.78 Å². The first-order chi connectivity index (χ1) is 9.65. The van der Waals surface area contributed by atoms with Crippen LogP contribution in [-0.4, -0.2) is 16.6 Å². The molecule has 1 heterocycles. The Kier molecular flexibility index (Phi) is 6.06. The third-order valence-electron chi connectivity index (χ3n) is 2.41. The zero-order valence-corrected chi connectivity index (χ0v) is 14.5. The second-order valence-electron chi connectivity index (χ2n) is 3.99. The van der Waals surface area contributed by atoms with Crippen LogP contribution in [0.5, 0.6) is 0 Å². The second kappa shape index (κ2) is 7.81. The molecule has 0 radical (unpaired) electrons.